The van der Waals surface area contributed by atoms with Gasteiger partial charge in [0.1, 0.15) is 0 Å². The number of rotatable bonds is 4. The molecule has 0 aromatic carbocycles. The van der Waals surface area contributed by atoms with E-state index in [2.05, 4.69) is 0 Å². The number of likely N-dealkylation sites (tertiary alicyclic amines) is 2. The summed E-state index contributed by atoms with van der Waals surface area (Å²) in [6.45, 7) is 1.12. The van der Waals surface area contributed by atoms with Crippen molar-refractivity contribution in [2.45, 2.75) is 24.4 Å². The highest BCUT2D eigenvalue weighted by atomic mass is 32.1. The van der Waals surface area contributed by atoms with Crippen molar-refractivity contribution in [1.82, 2.24) is 9.80 Å². The number of thiophene rings is 1. The number of ether oxygens (including phenoxy) is 1. The molecule has 4 nitrogen and oxygen atoms in total. The van der Waals surface area contributed by atoms with Crippen molar-refractivity contribution in [2.75, 3.05) is 33.4 Å². The molecule has 1 atom stereocenters. The number of carbonyl (C=O) groups is 1. The van der Waals surface area contributed by atoms with E-state index in [1.165, 1.54) is 18.4 Å². The van der Waals surface area contributed by atoms with E-state index in [0.717, 1.165) is 0 Å². The van der Waals surface area contributed by atoms with Gasteiger partial charge in [0.05, 0.1) is 18.0 Å². The summed E-state index contributed by atoms with van der Waals surface area (Å²) in [4.78, 5) is 16.4. The van der Waals surface area contributed by atoms with E-state index >= 15 is 0 Å². The molecule has 2 aliphatic rings. The maximum Gasteiger partial charge on any atom is 0.264 e. The zero-order valence-corrected chi connectivity index (χ0v) is 12.6. The summed E-state index contributed by atoms with van der Waals surface area (Å²) in [6.07, 6.45) is -0.157. The molecule has 3 heterocycles. The lowest BCUT2D eigenvalue weighted by atomic mass is 10.1. The number of hydrogen-bond acceptors (Lipinski definition) is 4. The van der Waals surface area contributed by atoms with Crippen LogP contribution in [0.25, 0.3) is 0 Å². The Balaban J connectivity index is 1.59. The fourth-order valence-corrected chi connectivity index (χ4v) is 3.77. The van der Waals surface area contributed by atoms with E-state index in [0.29, 0.717) is 24.6 Å². The van der Waals surface area contributed by atoms with Crippen LogP contribution in [-0.4, -0.2) is 67.1 Å². The van der Waals surface area contributed by atoms with Gasteiger partial charge in [0.2, 0.25) is 0 Å². The number of halogens is 2. The van der Waals surface area contributed by atoms with Crippen LogP contribution in [0.2, 0.25) is 0 Å². The topological polar surface area (TPSA) is 32.8 Å². The van der Waals surface area contributed by atoms with Gasteiger partial charge in [-0.2, -0.15) is 0 Å². The minimum absolute atomic E-state index is 0.00417. The first-order valence-electron chi connectivity index (χ1n) is 6.95. The Labute approximate surface area is 126 Å². The monoisotopic (exact) mass is 316 g/mol. The van der Waals surface area contributed by atoms with Gasteiger partial charge in [-0.3, -0.25) is 9.69 Å². The van der Waals surface area contributed by atoms with Crippen LogP contribution in [0.3, 0.4) is 0 Å². The standard InChI is InChI=1S/C14H18F2N2O2S/c1-20-8-10-5-14(15,16)9-18(10)11-6-17(7-11)13(19)12-3-2-4-21-12/h2-4,10-11H,5-9H2,1H3/t10-/m0/s1. The number of methoxy groups -OCH3 is 1. The maximum absolute atomic E-state index is 13.6. The molecule has 2 aliphatic heterocycles. The third-order valence-electron chi connectivity index (χ3n) is 4.13. The van der Waals surface area contributed by atoms with Gasteiger partial charge >= 0.3 is 0 Å². The summed E-state index contributed by atoms with van der Waals surface area (Å²) in [5.74, 6) is -2.66. The molecule has 2 fully saturated rings. The zero-order chi connectivity index (χ0) is 15.0. The van der Waals surface area contributed by atoms with Crippen LogP contribution < -0.4 is 0 Å². The summed E-state index contributed by atoms with van der Waals surface area (Å²) in [5.41, 5.74) is 0. The van der Waals surface area contributed by atoms with Crippen molar-refractivity contribution in [3.05, 3.63) is 22.4 Å². The molecule has 0 N–H and O–H groups in total. The number of carbonyl (C=O) groups excluding carboxylic acids is 1. The maximum atomic E-state index is 13.6. The number of hydrogen-bond donors (Lipinski definition) is 0. The molecule has 0 aliphatic carbocycles. The van der Waals surface area contributed by atoms with Crippen molar-refractivity contribution in [3.63, 3.8) is 0 Å². The lowest BCUT2D eigenvalue weighted by molar-refractivity contribution is -0.0135. The van der Waals surface area contributed by atoms with E-state index < -0.39 is 5.92 Å². The van der Waals surface area contributed by atoms with Gasteiger partial charge in [0.15, 0.2) is 0 Å². The molecule has 0 saturated carbocycles. The highest BCUT2D eigenvalue weighted by Crippen LogP contribution is 2.35. The van der Waals surface area contributed by atoms with Crippen molar-refractivity contribution in [3.8, 4) is 0 Å². The molecule has 1 amide bonds. The van der Waals surface area contributed by atoms with Gasteiger partial charge in [0.25, 0.3) is 11.8 Å². The average molecular weight is 316 g/mol. The third kappa shape index (κ3) is 2.95. The molecule has 1 aromatic heterocycles. The Bertz CT molecular complexity index is 503. The average Bonchev–Trinajstić information content (AvgIpc) is 2.96. The van der Waals surface area contributed by atoms with Crippen LogP contribution in [0.1, 0.15) is 16.1 Å². The van der Waals surface area contributed by atoms with E-state index in [-0.39, 0.29) is 31.0 Å². The molecule has 1 aromatic rings. The number of alkyl halides is 2. The quantitative estimate of drug-likeness (QED) is 0.851. The van der Waals surface area contributed by atoms with Gasteiger partial charge < -0.3 is 9.64 Å². The minimum Gasteiger partial charge on any atom is -0.383 e. The first-order chi connectivity index (χ1) is 10.00. The minimum atomic E-state index is -2.65. The van der Waals surface area contributed by atoms with Crippen molar-refractivity contribution < 1.29 is 18.3 Å². The van der Waals surface area contributed by atoms with Crippen molar-refractivity contribution in [1.29, 1.82) is 0 Å². The fraction of sp³-hybridized carbons (Fsp3) is 0.643. The Morgan fingerprint density at radius 2 is 2.29 bits per heavy atom. The Hall–Kier alpha value is -1.05. The Morgan fingerprint density at radius 3 is 2.90 bits per heavy atom. The summed E-state index contributed by atoms with van der Waals surface area (Å²) in [6, 6.07) is 3.39. The molecule has 3 rings (SSSR count). The van der Waals surface area contributed by atoms with Gasteiger partial charge in [0, 0.05) is 38.7 Å². The van der Waals surface area contributed by atoms with Crippen LogP contribution >= 0.6 is 11.3 Å². The van der Waals surface area contributed by atoms with Crippen LogP contribution in [0.15, 0.2) is 17.5 Å². The molecule has 0 bridgehead atoms. The lowest BCUT2D eigenvalue weighted by Crippen LogP contribution is -2.62. The molecule has 2 saturated heterocycles. The predicted octanol–water partition coefficient (Wildman–Crippen LogP) is 1.93. The van der Waals surface area contributed by atoms with Gasteiger partial charge in [-0.1, -0.05) is 6.07 Å². The fourth-order valence-electron chi connectivity index (χ4n) is 3.08. The van der Waals surface area contributed by atoms with Gasteiger partial charge in [-0.05, 0) is 11.4 Å². The van der Waals surface area contributed by atoms with Gasteiger partial charge in [-0.25, -0.2) is 8.78 Å². The van der Waals surface area contributed by atoms with Gasteiger partial charge in [-0.15, -0.1) is 11.3 Å². The van der Waals surface area contributed by atoms with E-state index in [1.54, 1.807) is 11.0 Å². The molecule has 0 unspecified atom stereocenters. The second kappa shape index (κ2) is 5.62. The summed E-state index contributed by atoms with van der Waals surface area (Å²) < 4.78 is 32.2. The smallest absolute Gasteiger partial charge is 0.264 e. The summed E-state index contributed by atoms with van der Waals surface area (Å²) in [5, 5.41) is 1.86. The second-order valence-corrected chi connectivity index (χ2v) is 6.63. The van der Waals surface area contributed by atoms with Crippen molar-refractivity contribution in [2.24, 2.45) is 0 Å². The summed E-state index contributed by atoms with van der Waals surface area (Å²) in [7, 11) is 1.53. The van der Waals surface area contributed by atoms with Crippen LogP contribution in [0.5, 0.6) is 0 Å². The second-order valence-electron chi connectivity index (χ2n) is 5.68. The highest BCUT2D eigenvalue weighted by molar-refractivity contribution is 7.12. The SMILES string of the molecule is COC[C@@H]1CC(F)(F)CN1C1CN(C(=O)c2cccs2)C1. The molecule has 7 heteroatoms. The van der Waals surface area contributed by atoms with E-state index in [4.69, 9.17) is 4.74 Å². The highest BCUT2D eigenvalue weighted by Gasteiger charge is 2.50. The normalized spacial score (nSPS) is 26.0. The number of nitrogens with zero attached hydrogens (tertiary/aromatic N) is 2. The predicted molar refractivity (Wildman–Crippen MR) is 75.9 cm³/mol. The number of amides is 1. The summed E-state index contributed by atoms with van der Waals surface area (Å²) >= 11 is 1.41. The van der Waals surface area contributed by atoms with Crippen LogP contribution in [0, 0.1) is 0 Å². The first-order valence-corrected chi connectivity index (χ1v) is 7.83. The van der Waals surface area contributed by atoms with E-state index in [9.17, 15) is 13.6 Å². The largest absolute Gasteiger partial charge is 0.383 e. The van der Waals surface area contributed by atoms with Crippen LogP contribution in [-0.2, 0) is 4.74 Å². The van der Waals surface area contributed by atoms with E-state index in [1.807, 2.05) is 16.3 Å². The third-order valence-corrected chi connectivity index (χ3v) is 4.98. The Kier molecular flexibility index (Phi) is 3.98. The molecular weight excluding hydrogens is 298 g/mol. The first kappa shape index (κ1) is 14.9. The van der Waals surface area contributed by atoms with Crippen molar-refractivity contribution >= 4 is 17.2 Å². The molecule has 116 valence electrons. The molecular formula is C14H18F2N2O2S. The lowest BCUT2D eigenvalue weighted by Gasteiger charge is -2.45. The Morgan fingerprint density at radius 1 is 1.52 bits per heavy atom. The zero-order valence-electron chi connectivity index (χ0n) is 11.8. The molecule has 21 heavy (non-hydrogen) atoms. The molecule has 0 spiro atoms. The molecule has 0 radical (unpaired) electrons. The van der Waals surface area contributed by atoms with Crippen LogP contribution in [0.4, 0.5) is 8.78 Å².